The van der Waals surface area contributed by atoms with Gasteiger partial charge in [0.2, 0.25) is 0 Å². The Labute approximate surface area is 149 Å². The van der Waals surface area contributed by atoms with Gasteiger partial charge in [-0.05, 0) is 22.6 Å². The normalized spacial score (nSPS) is 12.2. The molecule has 128 valence electrons. The lowest BCUT2D eigenvalue weighted by atomic mass is 9.87. The van der Waals surface area contributed by atoms with Crippen molar-refractivity contribution >= 4 is 16.9 Å². The summed E-state index contributed by atoms with van der Waals surface area (Å²) in [7, 11) is 1.67. The van der Waals surface area contributed by atoms with Gasteiger partial charge in [-0.2, -0.15) is 0 Å². The second-order valence-corrected chi connectivity index (χ2v) is 7.70. The molecule has 0 saturated carbocycles. The van der Waals surface area contributed by atoms with E-state index in [-0.39, 0.29) is 5.41 Å². The topological polar surface area (TPSA) is 47.6 Å². The van der Waals surface area contributed by atoms with Crippen molar-refractivity contribution in [2.24, 2.45) is 10.7 Å². The predicted molar refractivity (Wildman–Crippen MR) is 105 cm³/mol. The molecule has 0 atom stereocenters. The average molecular weight is 343 g/mol. The summed E-state index contributed by atoms with van der Waals surface area (Å²) in [5.41, 5.74) is 9.85. The van der Waals surface area contributed by atoms with Gasteiger partial charge >= 0.3 is 0 Å². The van der Waals surface area contributed by atoms with Gasteiger partial charge < -0.3 is 10.5 Å². The first kappa shape index (κ1) is 18.4. The second kappa shape index (κ2) is 8.25. The Bertz CT molecular complexity index is 688. The van der Waals surface area contributed by atoms with Gasteiger partial charge in [-0.15, -0.1) is 0 Å². The van der Waals surface area contributed by atoms with Crippen LogP contribution >= 0.6 is 11.8 Å². The number of nitrogens with zero attached hydrogens (tertiary/aromatic N) is 1. The van der Waals surface area contributed by atoms with Gasteiger partial charge in [0, 0.05) is 11.3 Å². The van der Waals surface area contributed by atoms with Gasteiger partial charge in [0.1, 0.15) is 5.75 Å². The standard InChI is InChI=1S/C20H26N2OS/c1-20(2,3)17-11-9-15(10-12-17)14-24-19(21)22-13-16-7-5-6-8-18(16)23-4/h5-12H,13-14H2,1-4H3,(H2,21,22). The number of thioether (sulfide) groups is 1. The molecule has 0 aliphatic carbocycles. The number of nitrogens with two attached hydrogens (primary N) is 1. The molecule has 0 saturated heterocycles. The molecule has 2 aromatic rings. The van der Waals surface area contributed by atoms with E-state index in [0.717, 1.165) is 17.1 Å². The Morgan fingerprint density at radius 2 is 1.75 bits per heavy atom. The Kier molecular flexibility index (Phi) is 6.32. The van der Waals surface area contributed by atoms with E-state index in [9.17, 15) is 0 Å². The highest BCUT2D eigenvalue weighted by Crippen LogP contribution is 2.23. The van der Waals surface area contributed by atoms with E-state index in [1.807, 2.05) is 24.3 Å². The fourth-order valence-corrected chi connectivity index (χ4v) is 2.96. The lowest BCUT2D eigenvalue weighted by molar-refractivity contribution is 0.410. The van der Waals surface area contributed by atoms with Crippen molar-refractivity contribution in [1.82, 2.24) is 0 Å². The summed E-state index contributed by atoms with van der Waals surface area (Å²) in [6, 6.07) is 16.6. The van der Waals surface area contributed by atoms with Gasteiger partial charge in [0.25, 0.3) is 0 Å². The zero-order valence-corrected chi connectivity index (χ0v) is 15.7. The number of rotatable bonds is 5. The minimum absolute atomic E-state index is 0.181. The van der Waals surface area contributed by atoms with Crippen LogP contribution in [0.2, 0.25) is 0 Å². The Morgan fingerprint density at radius 3 is 2.38 bits per heavy atom. The van der Waals surface area contributed by atoms with Gasteiger partial charge in [0.15, 0.2) is 5.17 Å². The third kappa shape index (κ3) is 5.31. The summed E-state index contributed by atoms with van der Waals surface area (Å²) in [5, 5.41) is 0.598. The highest BCUT2D eigenvalue weighted by molar-refractivity contribution is 8.13. The number of benzene rings is 2. The molecule has 0 fully saturated rings. The Hall–Kier alpha value is -1.94. The second-order valence-electron chi connectivity index (χ2n) is 6.70. The van der Waals surface area contributed by atoms with Crippen molar-refractivity contribution in [2.75, 3.05) is 7.11 Å². The van der Waals surface area contributed by atoms with E-state index in [4.69, 9.17) is 10.5 Å². The third-order valence-corrected chi connectivity index (χ3v) is 4.71. The first-order chi connectivity index (χ1) is 11.4. The smallest absolute Gasteiger partial charge is 0.154 e. The summed E-state index contributed by atoms with van der Waals surface area (Å²) in [6.07, 6.45) is 0. The minimum Gasteiger partial charge on any atom is -0.496 e. The largest absolute Gasteiger partial charge is 0.496 e. The van der Waals surface area contributed by atoms with Crippen LogP contribution in [0.5, 0.6) is 5.75 Å². The molecule has 24 heavy (non-hydrogen) atoms. The number of methoxy groups -OCH3 is 1. The lowest BCUT2D eigenvalue weighted by Gasteiger charge is -2.19. The van der Waals surface area contributed by atoms with Crippen LogP contribution in [0.4, 0.5) is 0 Å². The van der Waals surface area contributed by atoms with E-state index in [0.29, 0.717) is 11.7 Å². The summed E-state index contributed by atoms with van der Waals surface area (Å²) in [6.45, 7) is 7.20. The molecule has 0 aliphatic heterocycles. The van der Waals surface area contributed by atoms with Crippen molar-refractivity contribution in [3.8, 4) is 5.75 Å². The van der Waals surface area contributed by atoms with Crippen LogP contribution in [-0.4, -0.2) is 12.3 Å². The maximum absolute atomic E-state index is 6.03. The van der Waals surface area contributed by atoms with Crippen LogP contribution in [0.25, 0.3) is 0 Å². The number of amidine groups is 1. The van der Waals surface area contributed by atoms with E-state index >= 15 is 0 Å². The Balaban J connectivity index is 1.91. The van der Waals surface area contributed by atoms with Crippen LogP contribution in [-0.2, 0) is 17.7 Å². The highest BCUT2D eigenvalue weighted by atomic mass is 32.2. The molecule has 3 nitrogen and oxygen atoms in total. The first-order valence-corrected chi connectivity index (χ1v) is 9.03. The zero-order valence-electron chi connectivity index (χ0n) is 14.9. The van der Waals surface area contributed by atoms with E-state index in [2.05, 4.69) is 50.0 Å². The molecular weight excluding hydrogens is 316 g/mol. The van der Waals surface area contributed by atoms with Gasteiger partial charge in [-0.3, -0.25) is 4.99 Å². The highest BCUT2D eigenvalue weighted by Gasteiger charge is 2.12. The first-order valence-electron chi connectivity index (χ1n) is 8.04. The molecule has 2 N–H and O–H groups in total. The molecule has 0 heterocycles. The monoisotopic (exact) mass is 342 g/mol. The molecule has 2 rings (SSSR count). The number of hydrogen-bond donors (Lipinski definition) is 1. The number of para-hydroxylation sites is 1. The van der Waals surface area contributed by atoms with Crippen molar-refractivity contribution in [3.63, 3.8) is 0 Å². The lowest BCUT2D eigenvalue weighted by Crippen LogP contribution is -2.11. The number of aliphatic imine (C=N–C) groups is 1. The molecule has 0 radical (unpaired) electrons. The molecule has 0 unspecified atom stereocenters. The molecule has 4 heteroatoms. The zero-order chi connectivity index (χ0) is 17.6. The number of ether oxygens (including phenoxy) is 1. The quantitative estimate of drug-likeness (QED) is 0.630. The van der Waals surface area contributed by atoms with Crippen molar-refractivity contribution in [1.29, 1.82) is 0 Å². The van der Waals surface area contributed by atoms with Crippen molar-refractivity contribution in [3.05, 3.63) is 65.2 Å². The summed E-state index contributed by atoms with van der Waals surface area (Å²) in [4.78, 5) is 4.45. The minimum atomic E-state index is 0.181. The average Bonchev–Trinajstić information content (AvgIpc) is 2.58. The maximum atomic E-state index is 6.03. The van der Waals surface area contributed by atoms with Crippen LogP contribution in [0.1, 0.15) is 37.5 Å². The van der Waals surface area contributed by atoms with Crippen molar-refractivity contribution < 1.29 is 4.74 Å². The molecule has 0 amide bonds. The summed E-state index contributed by atoms with van der Waals surface area (Å²) in [5.74, 6) is 1.67. The van der Waals surface area contributed by atoms with Gasteiger partial charge in [0.05, 0.1) is 13.7 Å². The number of hydrogen-bond acceptors (Lipinski definition) is 3. The fourth-order valence-electron chi connectivity index (χ4n) is 2.30. The van der Waals surface area contributed by atoms with Crippen LogP contribution in [0.15, 0.2) is 53.5 Å². The SMILES string of the molecule is COc1ccccc1CN=C(N)SCc1ccc(C(C)(C)C)cc1. The van der Waals surface area contributed by atoms with Crippen LogP contribution < -0.4 is 10.5 Å². The van der Waals surface area contributed by atoms with Crippen LogP contribution in [0, 0.1) is 0 Å². The van der Waals surface area contributed by atoms with Gasteiger partial charge in [-0.25, -0.2) is 0 Å². The molecule has 0 bridgehead atoms. The van der Waals surface area contributed by atoms with E-state index in [1.165, 1.54) is 11.1 Å². The predicted octanol–water partition coefficient (Wildman–Crippen LogP) is 4.74. The maximum Gasteiger partial charge on any atom is 0.154 e. The Morgan fingerprint density at radius 1 is 1.08 bits per heavy atom. The van der Waals surface area contributed by atoms with E-state index in [1.54, 1.807) is 18.9 Å². The molecular formula is C20H26N2OS. The van der Waals surface area contributed by atoms with E-state index < -0.39 is 0 Å². The van der Waals surface area contributed by atoms with Crippen molar-refractivity contribution in [2.45, 2.75) is 38.5 Å². The molecule has 0 spiro atoms. The van der Waals surface area contributed by atoms with Gasteiger partial charge in [-0.1, -0.05) is 75.0 Å². The summed E-state index contributed by atoms with van der Waals surface area (Å²) >= 11 is 1.56. The molecule has 0 aromatic heterocycles. The summed E-state index contributed by atoms with van der Waals surface area (Å²) < 4.78 is 5.33. The molecule has 2 aromatic carbocycles. The fraction of sp³-hybridized carbons (Fsp3) is 0.350. The third-order valence-electron chi connectivity index (χ3n) is 3.80. The molecule has 0 aliphatic rings. The van der Waals surface area contributed by atoms with Crippen LogP contribution in [0.3, 0.4) is 0 Å².